The van der Waals surface area contributed by atoms with Gasteiger partial charge in [0.1, 0.15) is 0 Å². The summed E-state index contributed by atoms with van der Waals surface area (Å²) in [6.07, 6.45) is 4.87. The highest BCUT2D eigenvalue weighted by Gasteiger charge is 2.22. The van der Waals surface area contributed by atoms with Crippen LogP contribution >= 0.6 is 0 Å². The van der Waals surface area contributed by atoms with E-state index in [1.807, 2.05) is 0 Å². The number of aromatic carboxylic acids is 1. The molecule has 0 aliphatic heterocycles. The molecule has 0 unspecified atom stereocenters. The molecule has 0 aromatic carbocycles. The van der Waals surface area contributed by atoms with Crippen LogP contribution < -0.4 is 0 Å². The highest BCUT2D eigenvalue weighted by molar-refractivity contribution is 5.89. The van der Waals surface area contributed by atoms with Gasteiger partial charge >= 0.3 is 5.97 Å². The van der Waals surface area contributed by atoms with Crippen LogP contribution in [-0.4, -0.2) is 21.0 Å². The molecule has 70 valence electrons. The lowest BCUT2D eigenvalue weighted by Crippen LogP contribution is -2.07. The van der Waals surface area contributed by atoms with Crippen molar-refractivity contribution in [2.45, 2.75) is 25.7 Å². The zero-order valence-electron chi connectivity index (χ0n) is 7.16. The molecule has 0 saturated carbocycles. The van der Waals surface area contributed by atoms with Crippen molar-refractivity contribution in [2.24, 2.45) is 0 Å². The van der Waals surface area contributed by atoms with Gasteiger partial charge in [0.2, 0.25) is 0 Å². The van der Waals surface area contributed by atoms with E-state index >= 15 is 0 Å². The summed E-state index contributed by atoms with van der Waals surface area (Å²) in [6, 6.07) is 0. The van der Waals surface area contributed by atoms with Gasteiger partial charge in [-0.2, -0.15) is 4.73 Å². The molecule has 0 amide bonds. The van der Waals surface area contributed by atoms with Gasteiger partial charge in [-0.1, -0.05) is 0 Å². The quantitative estimate of drug-likeness (QED) is 0.642. The fourth-order valence-corrected chi connectivity index (χ4v) is 1.89. The zero-order valence-corrected chi connectivity index (χ0v) is 7.16. The lowest BCUT2D eigenvalue weighted by molar-refractivity contribution is 0.0693. The van der Waals surface area contributed by atoms with Gasteiger partial charge in [-0.05, 0) is 31.2 Å². The molecule has 13 heavy (non-hydrogen) atoms. The molecule has 0 radical (unpaired) electrons. The van der Waals surface area contributed by atoms with Crippen LogP contribution in [0.25, 0.3) is 0 Å². The average molecular weight is 181 g/mol. The topological polar surface area (TPSA) is 62.5 Å². The Morgan fingerprint density at radius 3 is 2.77 bits per heavy atom. The maximum atomic E-state index is 10.8. The van der Waals surface area contributed by atoms with E-state index in [9.17, 15) is 10.0 Å². The molecule has 1 aromatic rings. The first-order valence-electron chi connectivity index (χ1n) is 4.36. The Morgan fingerprint density at radius 2 is 2.08 bits per heavy atom. The summed E-state index contributed by atoms with van der Waals surface area (Å²) in [6.45, 7) is 0. The number of carboxylic acid groups (broad SMARTS) is 1. The van der Waals surface area contributed by atoms with Crippen LogP contribution in [0.15, 0.2) is 6.20 Å². The van der Waals surface area contributed by atoms with Crippen LogP contribution in [0.1, 0.15) is 34.5 Å². The third kappa shape index (κ3) is 1.18. The SMILES string of the molecule is O=C(O)c1cn(O)c2c1CCCC2. The number of hydrogen-bond donors (Lipinski definition) is 2. The highest BCUT2D eigenvalue weighted by atomic mass is 16.5. The molecule has 1 aromatic heterocycles. The first kappa shape index (κ1) is 8.16. The van der Waals surface area contributed by atoms with E-state index in [1.54, 1.807) is 0 Å². The van der Waals surface area contributed by atoms with Gasteiger partial charge in [0, 0.05) is 0 Å². The predicted molar refractivity (Wildman–Crippen MR) is 45.2 cm³/mol. The standard InChI is InChI=1S/C9H11NO3/c11-9(12)7-5-10(13)8-4-2-1-3-6(7)8/h5,13H,1-4H2,(H,11,12). The Hall–Kier alpha value is -1.45. The monoisotopic (exact) mass is 181 g/mol. The van der Waals surface area contributed by atoms with E-state index in [0.29, 0.717) is 0 Å². The van der Waals surface area contributed by atoms with Crippen molar-refractivity contribution in [1.82, 2.24) is 4.73 Å². The van der Waals surface area contributed by atoms with Crippen molar-refractivity contribution >= 4 is 5.97 Å². The number of fused-ring (bicyclic) bond motifs is 1. The van der Waals surface area contributed by atoms with E-state index in [2.05, 4.69) is 0 Å². The molecular formula is C9H11NO3. The summed E-state index contributed by atoms with van der Waals surface area (Å²) in [5.41, 5.74) is 1.82. The summed E-state index contributed by atoms with van der Waals surface area (Å²) in [5.74, 6) is -0.953. The van der Waals surface area contributed by atoms with Crippen LogP contribution in [0.2, 0.25) is 0 Å². The Morgan fingerprint density at radius 1 is 1.38 bits per heavy atom. The minimum atomic E-state index is -0.953. The summed E-state index contributed by atoms with van der Waals surface area (Å²) >= 11 is 0. The number of carboxylic acids is 1. The molecule has 2 rings (SSSR count). The Kier molecular flexibility index (Phi) is 1.76. The van der Waals surface area contributed by atoms with Crippen molar-refractivity contribution in [3.8, 4) is 0 Å². The first-order valence-corrected chi connectivity index (χ1v) is 4.36. The van der Waals surface area contributed by atoms with Gasteiger partial charge in [0.05, 0.1) is 17.5 Å². The van der Waals surface area contributed by atoms with E-state index in [4.69, 9.17) is 5.11 Å². The van der Waals surface area contributed by atoms with Gasteiger partial charge in [-0.3, -0.25) is 0 Å². The van der Waals surface area contributed by atoms with Crippen molar-refractivity contribution in [3.05, 3.63) is 23.0 Å². The predicted octanol–water partition coefficient (Wildman–Crippen LogP) is 1.30. The average Bonchev–Trinajstić information content (AvgIpc) is 2.45. The second-order valence-corrected chi connectivity index (χ2v) is 3.32. The molecule has 4 heteroatoms. The molecule has 1 heterocycles. The normalized spacial score (nSPS) is 15.4. The van der Waals surface area contributed by atoms with Crippen LogP contribution in [0, 0.1) is 0 Å². The third-order valence-electron chi connectivity index (χ3n) is 2.52. The number of rotatable bonds is 1. The molecule has 0 bridgehead atoms. The van der Waals surface area contributed by atoms with Gasteiger partial charge < -0.3 is 10.3 Å². The van der Waals surface area contributed by atoms with Gasteiger partial charge in [0.15, 0.2) is 0 Å². The Labute approximate surface area is 75.4 Å². The van der Waals surface area contributed by atoms with Crippen molar-refractivity contribution in [3.63, 3.8) is 0 Å². The van der Waals surface area contributed by atoms with Crippen molar-refractivity contribution in [2.75, 3.05) is 0 Å². The molecule has 0 atom stereocenters. The van der Waals surface area contributed by atoms with Crippen LogP contribution in [0.3, 0.4) is 0 Å². The molecule has 0 spiro atoms. The maximum Gasteiger partial charge on any atom is 0.337 e. The van der Waals surface area contributed by atoms with E-state index in [-0.39, 0.29) is 5.56 Å². The molecule has 0 saturated heterocycles. The van der Waals surface area contributed by atoms with Crippen molar-refractivity contribution < 1.29 is 15.1 Å². The lowest BCUT2D eigenvalue weighted by Gasteiger charge is -2.12. The fourth-order valence-electron chi connectivity index (χ4n) is 1.89. The molecule has 4 nitrogen and oxygen atoms in total. The summed E-state index contributed by atoms with van der Waals surface area (Å²) in [7, 11) is 0. The third-order valence-corrected chi connectivity index (χ3v) is 2.52. The number of aromatic nitrogens is 1. The van der Waals surface area contributed by atoms with E-state index < -0.39 is 5.97 Å². The minimum absolute atomic E-state index is 0.247. The Balaban J connectivity index is 2.53. The largest absolute Gasteiger partial charge is 0.478 e. The summed E-state index contributed by atoms with van der Waals surface area (Å²) in [5, 5.41) is 18.2. The zero-order chi connectivity index (χ0) is 9.42. The van der Waals surface area contributed by atoms with Gasteiger partial charge in [-0.15, -0.1) is 0 Å². The van der Waals surface area contributed by atoms with Crippen molar-refractivity contribution in [1.29, 1.82) is 0 Å². The number of hydrogen-bond acceptors (Lipinski definition) is 2. The summed E-state index contributed by atoms with van der Waals surface area (Å²) < 4.78 is 0.956. The van der Waals surface area contributed by atoms with E-state index in [1.165, 1.54) is 6.20 Å². The molecule has 2 N–H and O–H groups in total. The molecule has 1 aliphatic carbocycles. The van der Waals surface area contributed by atoms with Crippen LogP contribution in [0.5, 0.6) is 0 Å². The molecule has 0 fully saturated rings. The lowest BCUT2D eigenvalue weighted by atomic mass is 9.95. The first-order chi connectivity index (χ1) is 6.20. The number of nitrogens with zero attached hydrogens (tertiary/aromatic N) is 1. The number of carbonyl (C=O) groups is 1. The minimum Gasteiger partial charge on any atom is -0.478 e. The fraction of sp³-hybridized carbons (Fsp3) is 0.444. The molecule has 1 aliphatic rings. The maximum absolute atomic E-state index is 10.8. The Bertz CT molecular complexity index is 354. The van der Waals surface area contributed by atoms with Crippen LogP contribution in [0.4, 0.5) is 0 Å². The van der Waals surface area contributed by atoms with E-state index in [0.717, 1.165) is 41.7 Å². The van der Waals surface area contributed by atoms with Gasteiger partial charge in [-0.25, -0.2) is 4.79 Å². The van der Waals surface area contributed by atoms with Crippen LogP contribution in [-0.2, 0) is 12.8 Å². The summed E-state index contributed by atoms with van der Waals surface area (Å²) in [4.78, 5) is 10.8. The smallest absolute Gasteiger partial charge is 0.337 e. The van der Waals surface area contributed by atoms with Gasteiger partial charge in [0.25, 0.3) is 0 Å². The highest BCUT2D eigenvalue weighted by Crippen LogP contribution is 2.25. The second kappa shape index (κ2) is 2.80. The molecular weight excluding hydrogens is 170 g/mol. The second-order valence-electron chi connectivity index (χ2n) is 3.32.